The van der Waals surface area contributed by atoms with Crippen molar-refractivity contribution in [1.29, 1.82) is 0 Å². The van der Waals surface area contributed by atoms with E-state index >= 15 is 0 Å². The van der Waals surface area contributed by atoms with Gasteiger partial charge in [-0.2, -0.15) is 0 Å². The van der Waals surface area contributed by atoms with Crippen molar-refractivity contribution in [3.8, 4) is 5.75 Å². The van der Waals surface area contributed by atoms with Crippen LogP contribution in [-0.2, 0) is 24.2 Å². The van der Waals surface area contributed by atoms with E-state index in [-0.39, 0.29) is 24.0 Å². The molecule has 0 radical (unpaired) electrons. The zero-order valence-corrected chi connectivity index (χ0v) is 14.5. The standard InChI is InChI=1S/C20H21NO5/c1-26-17-7-5-12-8-14(3-2-13(12)9-17)19(23)21-16-6-4-15(11-22)18(10-16)20(24)25/h4-7,9-10,14,22H,2-3,8,11H2,1H3,(H,21,23)(H,24,25). The molecule has 136 valence electrons. The number of ether oxygens (including phenoxy) is 1. The third-order valence-corrected chi connectivity index (χ3v) is 4.79. The molecule has 1 aliphatic carbocycles. The summed E-state index contributed by atoms with van der Waals surface area (Å²) in [4.78, 5) is 23.9. The molecular formula is C20H21NO5. The molecule has 6 heteroatoms. The summed E-state index contributed by atoms with van der Waals surface area (Å²) in [6.07, 6.45) is 2.17. The summed E-state index contributed by atoms with van der Waals surface area (Å²) in [5.41, 5.74) is 3.07. The number of nitrogens with one attached hydrogen (secondary N) is 1. The molecular weight excluding hydrogens is 334 g/mol. The maximum atomic E-state index is 12.6. The molecule has 0 saturated heterocycles. The smallest absolute Gasteiger partial charge is 0.336 e. The Kier molecular flexibility index (Phi) is 5.23. The molecule has 3 rings (SSSR count). The number of aliphatic hydroxyl groups is 1. The lowest BCUT2D eigenvalue weighted by Gasteiger charge is -2.24. The minimum atomic E-state index is -1.13. The van der Waals surface area contributed by atoms with Crippen LogP contribution in [-0.4, -0.2) is 29.2 Å². The number of amides is 1. The monoisotopic (exact) mass is 355 g/mol. The first-order valence-electron chi connectivity index (χ1n) is 8.45. The van der Waals surface area contributed by atoms with Crippen molar-refractivity contribution in [2.24, 2.45) is 5.92 Å². The number of fused-ring (bicyclic) bond motifs is 1. The first kappa shape index (κ1) is 17.9. The van der Waals surface area contributed by atoms with E-state index in [4.69, 9.17) is 4.74 Å². The highest BCUT2D eigenvalue weighted by Gasteiger charge is 2.25. The fraction of sp³-hybridized carbons (Fsp3) is 0.300. The van der Waals surface area contributed by atoms with Gasteiger partial charge in [-0.3, -0.25) is 4.79 Å². The molecule has 2 aromatic rings. The van der Waals surface area contributed by atoms with Gasteiger partial charge in [0.25, 0.3) is 0 Å². The third kappa shape index (κ3) is 3.70. The quantitative estimate of drug-likeness (QED) is 0.766. The minimum absolute atomic E-state index is 0.00798. The predicted octanol–water partition coefficient (Wildman–Crippen LogP) is 2.63. The van der Waals surface area contributed by atoms with Gasteiger partial charge in [-0.15, -0.1) is 0 Å². The number of benzene rings is 2. The number of carboxylic acids is 1. The molecule has 2 aromatic carbocycles. The zero-order valence-electron chi connectivity index (χ0n) is 14.5. The number of methoxy groups -OCH3 is 1. The van der Waals surface area contributed by atoms with Crippen molar-refractivity contribution in [2.45, 2.75) is 25.9 Å². The van der Waals surface area contributed by atoms with Gasteiger partial charge in [0.1, 0.15) is 5.75 Å². The Bertz CT molecular complexity index is 846. The molecule has 1 amide bonds. The first-order chi connectivity index (χ1) is 12.5. The molecule has 6 nitrogen and oxygen atoms in total. The summed E-state index contributed by atoms with van der Waals surface area (Å²) >= 11 is 0. The van der Waals surface area contributed by atoms with Gasteiger partial charge in [0.05, 0.1) is 19.3 Å². The topological polar surface area (TPSA) is 95.9 Å². The number of hydrogen-bond acceptors (Lipinski definition) is 4. The van der Waals surface area contributed by atoms with Crippen molar-refractivity contribution in [3.05, 3.63) is 58.7 Å². The average molecular weight is 355 g/mol. The minimum Gasteiger partial charge on any atom is -0.497 e. The number of carbonyl (C=O) groups excluding carboxylic acids is 1. The lowest BCUT2D eigenvalue weighted by Crippen LogP contribution is -2.28. The van der Waals surface area contributed by atoms with Crippen LogP contribution in [0.1, 0.15) is 33.5 Å². The van der Waals surface area contributed by atoms with E-state index in [1.54, 1.807) is 13.2 Å². The van der Waals surface area contributed by atoms with Crippen molar-refractivity contribution in [3.63, 3.8) is 0 Å². The number of anilines is 1. The van der Waals surface area contributed by atoms with Gasteiger partial charge in [-0.1, -0.05) is 12.1 Å². The van der Waals surface area contributed by atoms with E-state index in [9.17, 15) is 19.8 Å². The van der Waals surface area contributed by atoms with Crippen molar-refractivity contribution >= 4 is 17.6 Å². The number of rotatable bonds is 5. The van der Waals surface area contributed by atoms with Crippen LogP contribution in [0.3, 0.4) is 0 Å². The Morgan fingerprint density at radius 3 is 2.69 bits per heavy atom. The Morgan fingerprint density at radius 2 is 2.00 bits per heavy atom. The summed E-state index contributed by atoms with van der Waals surface area (Å²) in [5, 5.41) is 21.2. The number of aromatic carboxylic acids is 1. The fourth-order valence-corrected chi connectivity index (χ4v) is 3.32. The third-order valence-electron chi connectivity index (χ3n) is 4.79. The molecule has 0 aliphatic heterocycles. The number of aryl methyl sites for hydroxylation is 1. The zero-order chi connectivity index (χ0) is 18.7. The Labute approximate surface area is 151 Å². The Morgan fingerprint density at radius 1 is 1.19 bits per heavy atom. The van der Waals surface area contributed by atoms with Gasteiger partial charge in [0.2, 0.25) is 5.91 Å². The molecule has 26 heavy (non-hydrogen) atoms. The van der Waals surface area contributed by atoms with Crippen molar-refractivity contribution in [1.82, 2.24) is 0 Å². The van der Waals surface area contributed by atoms with E-state index in [0.717, 1.165) is 24.2 Å². The van der Waals surface area contributed by atoms with E-state index in [1.165, 1.54) is 17.7 Å². The summed E-state index contributed by atoms with van der Waals surface area (Å²) in [6.45, 7) is -0.362. The number of carbonyl (C=O) groups is 2. The number of aliphatic hydroxyl groups excluding tert-OH is 1. The molecule has 1 atom stereocenters. The highest BCUT2D eigenvalue weighted by Crippen LogP contribution is 2.29. The molecule has 0 fully saturated rings. The van der Waals surface area contributed by atoms with E-state index in [2.05, 4.69) is 5.32 Å². The van der Waals surface area contributed by atoms with Crippen LogP contribution >= 0.6 is 0 Å². The van der Waals surface area contributed by atoms with E-state index < -0.39 is 5.97 Å². The molecule has 0 spiro atoms. The summed E-state index contributed by atoms with van der Waals surface area (Å²) in [6, 6.07) is 10.4. The Balaban J connectivity index is 1.72. The van der Waals surface area contributed by atoms with Crippen LogP contribution in [0.25, 0.3) is 0 Å². The fourth-order valence-electron chi connectivity index (χ4n) is 3.32. The molecule has 1 unspecified atom stereocenters. The van der Waals surface area contributed by atoms with Gasteiger partial charge in [-0.25, -0.2) is 4.79 Å². The molecule has 0 heterocycles. The number of hydrogen-bond donors (Lipinski definition) is 3. The van der Waals surface area contributed by atoms with E-state index in [0.29, 0.717) is 17.7 Å². The second kappa shape index (κ2) is 7.58. The molecule has 0 bridgehead atoms. The summed E-state index contributed by atoms with van der Waals surface area (Å²) in [5.74, 6) is -0.608. The van der Waals surface area contributed by atoms with Gasteiger partial charge in [0, 0.05) is 11.6 Å². The van der Waals surface area contributed by atoms with Crippen molar-refractivity contribution in [2.75, 3.05) is 12.4 Å². The normalized spacial score (nSPS) is 15.8. The molecule has 3 N–H and O–H groups in total. The highest BCUT2D eigenvalue weighted by molar-refractivity contribution is 5.96. The second-order valence-electron chi connectivity index (χ2n) is 6.40. The SMILES string of the molecule is COc1ccc2c(c1)CCC(C(=O)Nc1ccc(CO)c(C(=O)O)c1)C2. The van der Waals surface area contributed by atoms with Crippen LogP contribution in [0.5, 0.6) is 5.75 Å². The number of carboxylic acid groups (broad SMARTS) is 1. The average Bonchev–Trinajstić information content (AvgIpc) is 2.66. The van der Waals surface area contributed by atoms with Crippen LogP contribution in [0.4, 0.5) is 5.69 Å². The lowest BCUT2D eigenvalue weighted by atomic mass is 9.83. The van der Waals surface area contributed by atoms with Crippen LogP contribution in [0, 0.1) is 5.92 Å². The van der Waals surface area contributed by atoms with Gasteiger partial charge < -0.3 is 20.3 Å². The van der Waals surface area contributed by atoms with E-state index in [1.807, 2.05) is 18.2 Å². The molecule has 1 aliphatic rings. The van der Waals surface area contributed by atoms with Crippen LogP contribution in [0.2, 0.25) is 0 Å². The maximum Gasteiger partial charge on any atom is 0.336 e. The second-order valence-corrected chi connectivity index (χ2v) is 6.40. The maximum absolute atomic E-state index is 12.6. The van der Waals surface area contributed by atoms with Gasteiger partial charge in [-0.05, 0) is 60.2 Å². The molecule has 0 aromatic heterocycles. The Hall–Kier alpha value is -2.86. The van der Waals surface area contributed by atoms with Gasteiger partial charge in [0.15, 0.2) is 0 Å². The molecule has 0 saturated carbocycles. The van der Waals surface area contributed by atoms with Gasteiger partial charge >= 0.3 is 5.97 Å². The summed E-state index contributed by atoms with van der Waals surface area (Å²) < 4.78 is 5.24. The highest BCUT2D eigenvalue weighted by atomic mass is 16.5. The van der Waals surface area contributed by atoms with Crippen LogP contribution < -0.4 is 10.1 Å². The summed E-state index contributed by atoms with van der Waals surface area (Å²) in [7, 11) is 1.63. The largest absolute Gasteiger partial charge is 0.497 e. The lowest BCUT2D eigenvalue weighted by molar-refractivity contribution is -0.120. The predicted molar refractivity (Wildman–Crippen MR) is 96.5 cm³/mol. The van der Waals surface area contributed by atoms with Crippen molar-refractivity contribution < 1.29 is 24.5 Å². The first-order valence-corrected chi connectivity index (χ1v) is 8.45. The van der Waals surface area contributed by atoms with Crippen LogP contribution in [0.15, 0.2) is 36.4 Å².